The van der Waals surface area contributed by atoms with Crippen molar-refractivity contribution in [2.45, 2.75) is 45.3 Å². The smallest absolute Gasteiger partial charge is 0.152 e. The summed E-state index contributed by atoms with van der Waals surface area (Å²) in [5.41, 5.74) is 12.9. The number of unbranched alkanes of at least 4 members (excludes halogenated alkanes) is 1. The Hall–Kier alpha value is -2.55. The van der Waals surface area contributed by atoms with E-state index in [1.807, 2.05) is 24.3 Å². The Kier molecular flexibility index (Phi) is 8.85. The Labute approximate surface area is 214 Å². The molecule has 4 rings (SSSR count). The van der Waals surface area contributed by atoms with Crippen LogP contribution in [0.15, 0.2) is 54.7 Å². The average Bonchev–Trinajstić information content (AvgIpc) is 3.31. The molecular formula is C27H31ClFN3O2S. The summed E-state index contributed by atoms with van der Waals surface area (Å²) in [6.07, 6.45) is 4.23. The second kappa shape index (κ2) is 11.5. The van der Waals surface area contributed by atoms with Crippen LogP contribution in [0.3, 0.4) is 0 Å². The van der Waals surface area contributed by atoms with E-state index in [0.717, 1.165) is 20.5 Å². The van der Waals surface area contributed by atoms with Gasteiger partial charge in [0.05, 0.1) is 24.0 Å². The van der Waals surface area contributed by atoms with Crippen molar-refractivity contribution in [2.24, 2.45) is 5.73 Å². The lowest BCUT2D eigenvalue weighted by molar-refractivity contribution is -0.00230. The number of benzene rings is 2. The number of pyridine rings is 1. The first-order valence-corrected chi connectivity index (χ1v) is 12.7. The maximum absolute atomic E-state index is 14.6. The van der Waals surface area contributed by atoms with E-state index in [1.165, 1.54) is 36.3 Å². The van der Waals surface area contributed by atoms with Crippen LogP contribution in [0.2, 0.25) is 5.02 Å². The van der Waals surface area contributed by atoms with E-state index < -0.39 is 24.1 Å². The highest BCUT2D eigenvalue weighted by Gasteiger charge is 2.24. The number of aliphatic hydroxyl groups is 2. The van der Waals surface area contributed by atoms with Gasteiger partial charge in [0.25, 0.3) is 0 Å². The van der Waals surface area contributed by atoms with E-state index >= 15 is 0 Å². The first-order valence-electron chi connectivity index (χ1n) is 11.5. The van der Waals surface area contributed by atoms with Gasteiger partial charge in [0.1, 0.15) is 5.60 Å². The molecule has 0 aliphatic heterocycles. The maximum Gasteiger partial charge on any atom is 0.152 e. The van der Waals surface area contributed by atoms with Gasteiger partial charge >= 0.3 is 0 Å². The number of thiophene rings is 1. The second-order valence-corrected chi connectivity index (χ2v) is 10.1. The summed E-state index contributed by atoms with van der Waals surface area (Å²) < 4.78 is 15.6. The molecule has 2 aromatic heterocycles. The SMILES string of the molecule is CC(O)(CO)c1ccnc(-c2cccc3cc(C(N)c4c(Cl)ccc(N)c4F)sc23)c1.CCCC. The summed E-state index contributed by atoms with van der Waals surface area (Å²) >= 11 is 7.64. The number of fused-ring (bicyclic) bond motifs is 1. The first-order chi connectivity index (χ1) is 16.6. The van der Waals surface area contributed by atoms with Crippen molar-refractivity contribution >= 4 is 38.7 Å². The van der Waals surface area contributed by atoms with Crippen molar-refractivity contribution in [1.82, 2.24) is 4.98 Å². The van der Waals surface area contributed by atoms with Crippen molar-refractivity contribution < 1.29 is 14.6 Å². The highest BCUT2D eigenvalue weighted by Crippen LogP contribution is 2.40. The number of hydrogen-bond donors (Lipinski definition) is 4. The Bertz CT molecular complexity index is 1310. The third-order valence-electron chi connectivity index (χ3n) is 5.80. The van der Waals surface area contributed by atoms with E-state index in [0.29, 0.717) is 11.3 Å². The zero-order chi connectivity index (χ0) is 25.8. The van der Waals surface area contributed by atoms with Crippen LogP contribution < -0.4 is 11.5 Å². The van der Waals surface area contributed by atoms with Gasteiger partial charge in [-0.3, -0.25) is 4.98 Å². The standard InChI is InChI=1S/C23H21ClFN3O2S.C4H10/c1-23(30,11-29)13-7-8-28-17(10-13)14-4-2-3-12-9-18(31-22(12)14)21(27)19-15(24)5-6-16(26)20(19)25;1-3-4-2/h2-10,21,29-30H,11,26-27H2,1H3;3-4H2,1-2H3. The summed E-state index contributed by atoms with van der Waals surface area (Å²) in [7, 11) is 0. The molecule has 0 saturated carbocycles. The highest BCUT2D eigenvalue weighted by atomic mass is 35.5. The summed E-state index contributed by atoms with van der Waals surface area (Å²) in [5, 5.41) is 21.0. The molecule has 2 atom stereocenters. The van der Waals surface area contributed by atoms with E-state index in [9.17, 15) is 14.6 Å². The number of aliphatic hydroxyl groups excluding tert-OH is 1. The highest BCUT2D eigenvalue weighted by molar-refractivity contribution is 7.19. The zero-order valence-electron chi connectivity index (χ0n) is 20.1. The predicted molar refractivity (Wildman–Crippen MR) is 144 cm³/mol. The molecule has 0 fully saturated rings. The van der Waals surface area contributed by atoms with Gasteiger partial charge in [0, 0.05) is 31.9 Å². The molecule has 186 valence electrons. The minimum absolute atomic E-state index is 0.00593. The first kappa shape index (κ1) is 27.0. The topological polar surface area (TPSA) is 105 Å². The summed E-state index contributed by atoms with van der Waals surface area (Å²) in [4.78, 5) is 5.17. The predicted octanol–water partition coefficient (Wildman–Crippen LogP) is 6.39. The molecular weight excluding hydrogens is 485 g/mol. The van der Waals surface area contributed by atoms with Gasteiger partial charge in [0.2, 0.25) is 0 Å². The number of aromatic nitrogens is 1. The fourth-order valence-electron chi connectivity index (χ4n) is 3.46. The maximum atomic E-state index is 14.6. The van der Waals surface area contributed by atoms with Crippen LogP contribution in [-0.2, 0) is 5.60 Å². The summed E-state index contributed by atoms with van der Waals surface area (Å²) in [6, 6.07) is 13.2. The second-order valence-electron chi connectivity index (χ2n) is 8.58. The summed E-state index contributed by atoms with van der Waals surface area (Å²) in [5.74, 6) is -0.613. The van der Waals surface area contributed by atoms with Gasteiger partial charge in [-0.2, -0.15) is 0 Å². The zero-order valence-corrected chi connectivity index (χ0v) is 21.6. The molecule has 2 aromatic carbocycles. The molecule has 0 bridgehead atoms. The molecule has 0 aliphatic rings. The van der Waals surface area contributed by atoms with Crippen LogP contribution in [0.5, 0.6) is 0 Å². The molecule has 2 heterocycles. The molecule has 8 heteroatoms. The molecule has 4 aromatic rings. The number of nitrogen functional groups attached to an aromatic ring is 1. The van der Waals surface area contributed by atoms with Gasteiger partial charge in [0.15, 0.2) is 5.82 Å². The van der Waals surface area contributed by atoms with E-state index in [-0.39, 0.29) is 16.3 Å². The Balaban J connectivity index is 0.000000795. The normalized spacial score (nSPS) is 13.7. The number of nitrogens with two attached hydrogens (primary N) is 2. The lowest BCUT2D eigenvalue weighted by atomic mass is 9.96. The Morgan fingerprint density at radius 1 is 1.14 bits per heavy atom. The molecule has 0 saturated heterocycles. The number of hydrogen-bond acceptors (Lipinski definition) is 6. The number of rotatable bonds is 6. The van der Waals surface area contributed by atoms with Crippen molar-refractivity contribution in [3.8, 4) is 11.3 Å². The van der Waals surface area contributed by atoms with Gasteiger partial charge in [-0.1, -0.05) is 56.5 Å². The van der Waals surface area contributed by atoms with Gasteiger partial charge < -0.3 is 21.7 Å². The quantitative estimate of drug-likeness (QED) is 0.222. The van der Waals surface area contributed by atoms with E-state index in [4.69, 9.17) is 23.1 Å². The van der Waals surface area contributed by atoms with Gasteiger partial charge in [-0.15, -0.1) is 11.3 Å². The number of halogens is 2. The fourth-order valence-corrected chi connectivity index (χ4v) is 4.91. The number of anilines is 1. The van der Waals surface area contributed by atoms with Crippen LogP contribution in [0, 0.1) is 5.82 Å². The average molecular weight is 516 g/mol. The minimum atomic E-state index is -1.38. The molecule has 35 heavy (non-hydrogen) atoms. The minimum Gasteiger partial charge on any atom is -0.396 e. The summed E-state index contributed by atoms with van der Waals surface area (Å²) in [6.45, 7) is 5.49. The molecule has 0 amide bonds. The van der Waals surface area contributed by atoms with Crippen molar-refractivity contribution in [3.63, 3.8) is 0 Å². The van der Waals surface area contributed by atoms with Crippen molar-refractivity contribution in [1.29, 1.82) is 0 Å². The monoisotopic (exact) mass is 515 g/mol. The third-order valence-corrected chi connectivity index (χ3v) is 7.40. The van der Waals surface area contributed by atoms with E-state index in [2.05, 4.69) is 18.8 Å². The van der Waals surface area contributed by atoms with Gasteiger partial charge in [-0.05, 0) is 48.2 Å². The Morgan fingerprint density at radius 3 is 2.51 bits per heavy atom. The molecule has 5 nitrogen and oxygen atoms in total. The van der Waals surface area contributed by atoms with E-state index in [1.54, 1.807) is 25.3 Å². The molecule has 0 radical (unpaired) electrons. The molecule has 0 spiro atoms. The lowest BCUT2D eigenvalue weighted by Gasteiger charge is -2.21. The van der Waals surface area contributed by atoms with Gasteiger partial charge in [-0.25, -0.2) is 4.39 Å². The van der Waals surface area contributed by atoms with Crippen LogP contribution in [0.25, 0.3) is 21.3 Å². The third kappa shape index (κ3) is 5.82. The van der Waals surface area contributed by atoms with Crippen LogP contribution in [0.1, 0.15) is 55.7 Å². The van der Waals surface area contributed by atoms with Crippen molar-refractivity contribution in [2.75, 3.05) is 12.3 Å². The largest absolute Gasteiger partial charge is 0.396 e. The van der Waals surface area contributed by atoms with Crippen LogP contribution >= 0.6 is 22.9 Å². The molecule has 6 N–H and O–H groups in total. The van der Waals surface area contributed by atoms with Crippen LogP contribution in [0.4, 0.5) is 10.1 Å². The lowest BCUT2D eigenvalue weighted by Crippen LogP contribution is -2.25. The number of nitrogens with zero attached hydrogens (tertiary/aromatic N) is 1. The molecule has 0 aliphatic carbocycles. The Morgan fingerprint density at radius 2 is 1.86 bits per heavy atom. The molecule has 2 unspecified atom stereocenters. The van der Waals surface area contributed by atoms with Crippen LogP contribution in [-0.4, -0.2) is 21.8 Å². The fraction of sp³-hybridized carbons (Fsp3) is 0.296. The van der Waals surface area contributed by atoms with Crippen molar-refractivity contribution in [3.05, 3.63) is 81.6 Å².